The number of hydrogen-bond donors (Lipinski definition) is 1. The number of halogens is 1. The maximum absolute atomic E-state index is 12.7. The predicted octanol–water partition coefficient (Wildman–Crippen LogP) is 3.74. The number of aryl methyl sites for hydroxylation is 1. The zero-order chi connectivity index (χ0) is 14.9. The molecule has 0 saturated heterocycles. The van der Waals surface area contributed by atoms with E-state index in [9.17, 15) is 13.5 Å². The number of anilines is 1. The van der Waals surface area contributed by atoms with E-state index < -0.39 is 10.0 Å². The van der Waals surface area contributed by atoms with Gasteiger partial charge in [-0.1, -0.05) is 6.07 Å². The third-order valence-corrected chi connectivity index (χ3v) is 7.39. The molecule has 0 amide bonds. The summed E-state index contributed by atoms with van der Waals surface area (Å²) >= 11 is 4.43. The topological polar surface area (TPSA) is 57.6 Å². The van der Waals surface area contributed by atoms with Gasteiger partial charge in [-0.2, -0.15) is 0 Å². The first-order valence-electron chi connectivity index (χ1n) is 5.93. The first kappa shape index (κ1) is 15.3. The fourth-order valence-corrected chi connectivity index (χ4v) is 5.84. The molecule has 0 atom stereocenters. The van der Waals surface area contributed by atoms with Crippen molar-refractivity contribution in [2.75, 3.05) is 10.8 Å². The number of hydrogen-bond acceptors (Lipinski definition) is 4. The molecule has 0 saturated carbocycles. The summed E-state index contributed by atoms with van der Waals surface area (Å²) < 4.78 is 27.6. The van der Waals surface area contributed by atoms with Crippen molar-refractivity contribution in [2.45, 2.75) is 18.1 Å². The monoisotopic (exact) mass is 375 g/mol. The summed E-state index contributed by atoms with van der Waals surface area (Å²) in [6.45, 7) is 3.87. The highest BCUT2D eigenvalue weighted by molar-refractivity contribution is 9.10. The van der Waals surface area contributed by atoms with E-state index >= 15 is 0 Å². The van der Waals surface area contributed by atoms with Gasteiger partial charge in [0.15, 0.2) is 4.21 Å². The Balaban J connectivity index is 2.58. The van der Waals surface area contributed by atoms with Crippen LogP contribution in [-0.4, -0.2) is 20.1 Å². The quantitative estimate of drug-likeness (QED) is 0.885. The van der Waals surface area contributed by atoms with E-state index in [1.54, 1.807) is 30.5 Å². The fraction of sp³-hybridized carbons (Fsp3) is 0.231. The van der Waals surface area contributed by atoms with E-state index in [-0.39, 0.29) is 16.5 Å². The van der Waals surface area contributed by atoms with Crippen molar-refractivity contribution >= 4 is 43.0 Å². The van der Waals surface area contributed by atoms with Gasteiger partial charge in [0.1, 0.15) is 5.75 Å². The lowest BCUT2D eigenvalue weighted by atomic mass is 10.2. The molecule has 20 heavy (non-hydrogen) atoms. The standard InChI is InChI=1S/C13H14BrNO3S2/c1-3-15(12-8-10(16)5-4-9(12)2)20(17,18)13-11(14)6-7-19-13/h4-8,16H,3H2,1-2H3. The first-order chi connectivity index (χ1) is 9.37. The molecule has 1 N–H and O–H groups in total. The highest BCUT2D eigenvalue weighted by atomic mass is 79.9. The van der Waals surface area contributed by atoms with Crippen molar-refractivity contribution in [1.29, 1.82) is 0 Å². The molecule has 0 spiro atoms. The summed E-state index contributed by atoms with van der Waals surface area (Å²) in [7, 11) is -3.64. The van der Waals surface area contributed by atoms with Gasteiger partial charge in [0.25, 0.3) is 10.0 Å². The van der Waals surface area contributed by atoms with Gasteiger partial charge in [0.05, 0.1) is 5.69 Å². The maximum Gasteiger partial charge on any atom is 0.274 e. The molecule has 0 bridgehead atoms. The zero-order valence-corrected chi connectivity index (χ0v) is 14.2. The van der Waals surface area contributed by atoms with E-state index in [2.05, 4.69) is 15.9 Å². The number of aromatic hydroxyl groups is 1. The molecule has 0 unspecified atom stereocenters. The third kappa shape index (κ3) is 2.70. The Morgan fingerprint density at radius 2 is 2.05 bits per heavy atom. The van der Waals surface area contributed by atoms with Crippen LogP contribution in [0.5, 0.6) is 5.75 Å². The van der Waals surface area contributed by atoms with Crippen molar-refractivity contribution in [3.8, 4) is 5.75 Å². The fourth-order valence-electron chi connectivity index (χ4n) is 1.90. The minimum absolute atomic E-state index is 0.0458. The average molecular weight is 376 g/mol. The van der Waals surface area contributed by atoms with Gasteiger partial charge in [0, 0.05) is 17.1 Å². The summed E-state index contributed by atoms with van der Waals surface area (Å²) in [5.74, 6) is 0.0458. The Hall–Kier alpha value is -1.05. The normalized spacial score (nSPS) is 11.6. The van der Waals surface area contributed by atoms with Crippen LogP contribution in [0.2, 0.25) is 0 Å². The van der Waals surface area contributed by atoms with Crippen LogP contribution < -0.4 is 4.31 Å². The molecule has 0 aliphatic rings. The molecule has 4 nitrogen and oxygen atoms in total. The number of sulfonamides is 1. The van der Waals surface area contributed by atoms with Crippen molar-refractivity contribution < 1.29 is 13.5 Å². The molecule has 2 rings (SSSR count). The minimum atomic E-state index is -3.64. The average Bonchev–Trinajstić information content (AvgIpc) is 2.81. The molecule has 108 valence electrons. The van der Waals surface area contributed by atoms with Crippen molar-refractivity contribution in [2.24, 2.45) is 0 Å². The van der Waals surface area contributed by atoms with Crippen LogP contribution in [0.1, 0.15) is 12.5 Å². The third-order valence-electron chi connectivity index (χ3n) is 2.86. The van der Waals surface area contributed by atoms with Crippen LogP contribution in [0.4, 0.5) is 5.69 Å². The zero-order valence-electron chi connectivity index (χ0n) is 11.0. The molecule has 1 heterocycles. The molecule has 0 aliphatic carbocycles. The van der Waals surface area contributed by atoms with Crippen LogP contribution in [0.3, 0.4) is 0 Å². The number of phenolic OH excluding ortho intramolecular Hbond substituents is 1. The molecule has 0 aliphatic heterocycles. The lowest BCUT2D eigenvalue weighted by Crippen LogP contribution is -2.31. The van der Waals surface area contributed by atoms with Gasteiger partial charge in [-0.25, -0.2) is 8.42 Å². The van der Waals surface area contributed by atoms with Crippen molar-refractivity contribution in [3.05, 3.63) is 39.7 Å². The second-order valence-electron chi connectivity index (χ2n) is 4.20. The van der Waals surface area contributed by atoms with Gasteiger partial charge in [-0.3, -0.25) is 4.31 Å². The summed E-state index contributed by atoms with van der Waals surface area (Å²) in [4.78, 5) is 0. The highest BCUT2D eigenvalue weighted by Crippen LogP contribution is 2.34. The summed E-state index contributed by atoms with van der Waals surface area (Å²) in [6.07, 6.45) is 0. The number of nitrogens with zero attached hydrogens (tertiary/aromatic N) is 1. The number of benzene rings is 1. The molecule has 0 fully saturated rings. The van der Waals surface area contributed by atoms with Crippen LogP contribution in [0, 0.1) is 6.92 Å². The van der Waals surface area contributed by atoms with Gasteiger partial charge in [0.2, 0.25) is 0 Å². The Kier molecular flexibility index (Phi) is 4.41. The Morgan fingerprint density at radius 1 is 1.35 bits per heavy atom. The second kappa shape index (κ2) is 5.75. The highest BCUT2D eigenvalue weighted by Gasteiger charge is 2.28. The first-order valence-corrected chi connectivity index (χ1v) is 9.04. The number of rotatable bonds is 4. The van der Waals surface area contributed by atoms with Gasteiger partial charge in [-0.15, -0.1) is 11.3 Å². The minimum Gasteiger partial charge on any atom is -0.508 e. The molecule has 7 heteroatoms. The lowest BCUT2D eigenvalue weighted by Gasteiger charge is -2.24. The Labute approximate surface area is 130 Å². The summed E-state index contributed by atoms with van der Waals surface area (Å²) in [6, 6.07) is 6.42. The van der Waals surface area contributed by atoms with Crippen LogP contribution in [0.15, 0.2) is 38.3 Å². The molecular formula is C13H14BrNO3S2. The lowest BCUT2D eigenvalue weighted by molar-refractivity contribution is 0.475. The largest absolute Gasteiger partial charge is 0.508 e. The van der Waals surface area contributed by atoms with E-state index in [1.165, 1.54) is 21.7 Å². The smallest absolute Gasteiger partial charge is 0.274 e. The van der Waals surface area contributed by atoms with E-state index in [1.807, 2.05) is 6.92 Å². The number of thiophene rings is 1. The van der Waals surface area contributed by atoms with Crippen molar-refractivity contribution in [3.63, 3.8) is 0 Å². The second-order valence-corrected chi connectivity index (χ2v) is 8.02. The van der Waals surface area contributed by atoms with Gasteiger partial charge in [-0.05, 0) is 52.9 Å². The molecule has 0 radical (unpaired) electrons. The van der Waals surface area contributed by atoms with Crippen LogP contribution >= 0.6 is 27.3 Å². The molecule has 1 aromatic carbocycles. The van der Waals surface area contributed by atoms with E-state index in [0.29, 0.717) is 10.2 Å². The summed E-state index contributed by atoms with van der Waals surface area (Å²) in [5, 5.41) is 11.3. The molecular weight excluding hydrogens is 362 g/mol. The van der Waals surface area contributed by atoms with E-state index in [0.717, 1.165) is 5.56 Å². The van der Waals surface area contributed by atoms with Crippen molar-refractivity contribution in [1.82, 2.24) is 0 Å². The van der Waals surface area contributed by atoms with Crippen LogP contribution in [-0.2, 0) is 10.0 Å². The predicted molar refractivity (Wildman–Crippen MR) is 85.1 cm³/mol. The van der Waals surface area contributed by atoms with E-state index in [4.69, 9.17) is 0 Å². The number of phenols is 1. The summed E-state index contributed by atoms with van der Waals surface area (Å²) in [5.41, 5.74) is 1.29. The van der Waals surface area contributed by atoms with Gasteiger partial charge < -0.3 is 5.11 Å². The Morgan fingerprint density at radius 3 is 2.60 bits per heavy atom. The SMILES string of the molecule is CCN(c1cc(O)ccc1C)S(=O)(=O)c1sccc1Br. The van der Waals surface area contributed by atoms with Crippen LogP contribution in [0.25, 0.3) is 0 Å². The molecule has 1 aromatic heterocycles. The molecule has 2 aromatic rings. The van der Waals surface area contributed by atoms with Gasteiger partial charge >= 0.3 is 0 Å². The Bertz CT molecular complexity index is 725. The maximum atomic E-state index is 12.7.